The van der Waals surface area contributed by atoms with Gasteiger partial charge in [-0.05, 0) is 5.41 Å². The molecule has 0 amide bonds. The third-order valence-electron chi connectivity index (χ3n) is 3.98. The van der Waals surface area contributed by atoms with Crippen molar-refractivity contribution in [1.29, 1.82) is 0 Å². The van der Waals surface area contributed by atoms with Gasteiger partial charge in [-0.2, -0.15) is 0 Å². The Labute approximate surface area is 76.5 Å². The Kier molecular flexibility index (Phi) is 1.27. The highest BCUT2D eigenvalue weighted by molar-refractivity contribution is 6.48. The van der Waals surface area contributed by atoms with Crippen LogP contribution in [-0.4, -0.2) is 17.3 Å². The van der Waals surface area contributed by atoms with Gasteiger partial charge in [0.2, 0.25) is 11.6 Å². The number of carbonyl (C=O) groups is 3. The number of hydrogen-bond acceptors (Lipinski definition) is 3. The smallest absolute Gasteiger partial charge is 0.210 e. The van der Waals surface area contributed by atoms with E-state index in [4.69, 9.17) is 0 Å². The van der Waals surface area contributed by atoms with E-state index in [2.05, 4.69) is 0 Å². The number of carbonyl (C=O) groups excluding carboxylic acids is 3. The van der Waals surface area contributed by atoms with Crippen molar-refractivity contribution in [3.63, 3.8) is 0 Å². The maximum atomic E-state index is 11.5. The lowest BCUT2D eigenvalue weighted by molar-refractivity contribution is -0.144. The molecular formula is C10H12O3. The zero-order chi connectivity index (χ0) is 10.0. The maximum Gasteiger partial charge on any atom is 0.210 e. The van der Waals surface area contributed by atoms with Crippen molar-refractivity contribution in [1.82, 2.24) is 0 Å². The van der Waals surface area contributed by atoms with Crippen LogP contribution >= 0.6 is 0 Å². The fourth-order valence-electron chi connectivity index (χ4n) is 2.65. The molecule has 0 radical (unpaired) electrons. The molecule has 2 bridgehead atoms. The maximum absolute atomic E-state index is 11.5. The highest BCUT2D eigenvalue weighted by Crippen LogP contribution is 2.60. The SMILES string of the molecule is CC12CC(=O)C(C(=O)C1=O)C2(C)C. The summed E-state index contributed by atoms with van der Waals surface area (Å²) in [5, 5.41) is 0. The number of Topliss-reactive ketones (excluding diaryl/α,β-unsaturated/α-hetero) is 3. The molecule has 0 heterocycles. The van der Waals surface area contributed by atoms with E-state index in [1.807, 2.05) is 13.8 Å². The zero-order valence-electron chi connectivity index (χ0n) is 8.01. The Morgan fingerprint density at radius 3 is 2.00 bits per heavy atom. The minimum Gasteiger partial charge on any atom is -0.299 e. The van der Waals surface area contributed by atoms with Crippen LogP contribution in [-0.2, 0) is 14.4 Å². The summed E-state index contributed by atoms with van der Waals surface area (Å²) < 4.78 is 0. The van der Waals surface area contributed by atoms with E-state index >= 15 is 0 Å². The zero-order valence-corrected chi connectivity index (χ0v) is 8.01. The monoisotopic (exact) mass is 180 g/mol. The Balaban J connectivity index is 2.65. The predicted molar refractivity (Wildman–Crippen MR) is 45.0 cm³/mol. The van der Waals surface area contributed by atoms with Crippen molar-refractivity contribution in [2.24, 2.45) is 16.7 Å². The van der Waals surface area contributed by atoms with Gasteiger partial charge in [0.1, 0.15) is 5.78 Å². The van der Waals surface area contributed by atoms with E-state index in [1.54, 1.807) is 6.92 Å². The van der Waals surface area contributed by atoms with E-state index in [1.165, 1.54) is 0 Å². The van der Waals surface area contributed by atoms with Crippen LogP contribution in [0.15, 0.2) is 0 Å². The van der Waals surface area contributed by atoms with Crippen LogP contribution in [0.25, 0.3) is 0 Å². The summed E-state index contributed by atoms with van der Waals surface area (Å²) in [6.07, 6.45) is 0.245. The number of ketones is 3. The average Bonchev–Trinajstić information content (AvgIpc) is 2.22. The van der Waals surface area contributed by atoms with E-state index in [-0.39, 0.29) is 18.0 Å². The van der Waals surface area contributed by atoms with Gasteiger partial charge in [0, 0.05) is 11.8 Å². The van der Waals surface area contributed by atoms with E-state index in [9.17, 15) is 14.4 Å². The highest BCUT2D eigenvalue weighted by Gasteiger charge is 2.70. The van der Waals surface area contributed by atoms with Gasteiger partial charge in [-0.25, -0.2) is 0 Å². The molecule has 3 heteroatoms. The molecule has 2 aliphatic carbocycles. The van der Waals surface area contributed by atoms with E-state index in [0.717, 1.165) is 0 Å². The van der Waals surface area contributed by atoms with Crippen molar-refractivity contribution >= 4 is 17.3 Å². The van der Waals surface area contributed by atoms with Crippen molar-refractivity contribution in [3.05, 3.63) is 0 Å². The molecule has 2 atom stereocenters. The second-order valence-electron chi connectivity index (χ2n) is 4.82. The molecule has 2 rings (SSSR count). The first-order chi connectivity index (χ1) is 5.82. The van der Waals surface area contributed by atoms with Crippen LogP contribution in [0.5, 0.6) is 0 Å². The van der Waals surface area contributed by atoms with Crippen molar-refractivity contribution < 1.29 is 14.4 Å². The summed E-state index contributed by atoms with van der Waals surface area (Å²) in [5.74, 6) is -1.53. The normalized spacial score (nSPS) is 41.8. The molecular weight excluding hydrogens is 168 g/mol. The molecule has 0 spiro atoms. The predicted octanol–water partition coefficient (Wildman–Crippen LogP) is 0.760. The molecule has 70 valence electrons. The molecule has 0 aromatic rings. The van der Waals surface area contributed by atoms with Crippen molar-refractivity contribution in [2.75, 3.05) is 0 Å². The number of hydrogen-bond donors (Lipinski definition) is 0. The van der Waals surface area contributed by atoms with Gasteiger partial charge < -0.3 is 0 Å². The van der Waals surface area contributed by atoms with Gasteiger partial charge in [-0.15, -0.1) is 0 Å². The van der Waals surface area contributed by atoms with E-state index < -0.39 is 22.5 Å². The molecule has 3 nitrogen and oxygen atoms in total. The van der Waals surface area contributed by atoms with Gasteiger partial charge in [-0.3, -0.25) is 14.4 Å². The van der Waals surface area contributed by atoms with Gasteiger partial charge in [0.25, 0.3) is 0 Å². The van der Waals surface area contributed by atoms with E-state index in [0.29, 0.717) is 0 Å². The van der Waals surface area contributed by atoms with Gasteiger partial charge >= 0.3 is 0 Å². The minimum atomic E-state index is -0.730. The van der Waals surface area contributed by atoms with Crippen LogP contribution in [0.3, 0.4) is 0 Å². The summed E-state index contributed by atoms with van der Waals surface area (Å²) >= 11 is 0. The van der Waals surface area contributed by atoms with Crippen LogP contribution in [0.1, 0.15) is 27.2 Å². The van der Waals surface area contributed by atoms with Crippen molar-refractivity contribution in [3.8, 4) is 0 Å². The lowest BCUT2D eigenvalue weighted by Gasteiger charge is -2.29. The lowest BCUT2D eigenvalue weighted by Crippen LogP contribution is -2.34. The van der Waals surface area contributed by atoms with Gasteiger partial charge in [-0.1, -0.05) is 20.8 Å². The molecule has 0 aliphatic heterocycles. The first-order valence-corrected chi connectivity index (χ1v) is 4.44. The molecule has 2 aliphatic rings. The standard InChI is InChI=1S/C10H12O3/c1-9(2)6-5(11)4-10(9,3)8(13)7(6)12/h6H,4H2,1-3H3. The summed E-state index contributed by atoms with van der Waals surface area (Å²) in [4.78, 5) is 34.4. The number of rotatable bonds is 0. The highest BCUT2D eigenvalue weighted by atomic mass is 16.2. The van der Waals surface area contributed by atoms with Gasteiger partial charge in [0.05, 0.1) is 5.92 Å². The van der Waals surface area contributed by atoms with Crippen LogP contribution in [0.2, 0.25) is 0 Å². The Bertz CT molecular complexity index is 340. The first-order valence-electron chi connectivity index (χ1n) is 4.44. The molecule has 2 unspecified atom stereocenters. The summed E-state index contributed by atoms with van der Waals surface area (Å²) in [6.45, 7) is 5.41. The van der Waals surface area contributed by atoms with Crippen LogP contribution in [0.4, 0.5) is 0 Å². The Hall–Kier alpha value is -0.990. The third-order valence-corrected chi connectivity index (χ3v) is 3.98. The summed E-state index contributed by atoms with van der Waals surface area (Å²) in [6, 6.07) is 0. The third kappa shape index (κ3) is 0.653. The Morgan fingerprint density at radius 2 is 1.69 bits per heavy atom. The average molecular weight is 180 g/mol. The molecule has 0 aromatic carbocycles. The number of fused-ring (bicyclic) bond motifs is 2. The second-order valence-corrected chi connectivity index (χ2v) is 4.82. The molecule has 2 saturated carbocycles. The van der Waals surface area contributed by atoms with Crippen LogP contribution in [0, 0.1) is 16.7 Å². The largest absolute Gasteiger partial charge is 0.299 e. The summed E-state index contributed by atoms with van der Waals surface area (Å²) in [5.41, 5.74) is -1.20. The van der Waals surface area contributed by atoms with Gasteiger partial charge in [0.15, 0.2) is 0 Å². The molecule has 13 heavy (non-hydrogen) atoms. The molecule has 0 N–H and O–H groups in total. The fraction of sp³-hybridized carbons (Fsp3) is 0.700. The molecule has 0 aromatic heterocycles. The van der Waals surface area contributed by atoms with Crippen molar-refractivity contribution in [2.45, 2.75) is 27.2 Å². The second kappa shape index (κ2) is 1.91. The summed E-state index contributed by atoms with van der Waals surface area (Å²) in [7, 11) is 0. The minimum absolute atomic E-state index is 0.0582. The molecule has 2 fully saturated rings. The quantitative estimate of drug-likeness (QED) is 0.408. The first kappa shape index (κ1) is 8.60. The lowest BCUT2D eigenvalue weighted by atomic mass is 9.70. The molecule has 0 saturated heterocycles. The fourth-order valence-corrected chi connectivity index (χ4v) is 2.65. The topological polar surface area (TPSA) is 51.2 Å². The Morgan fingerprint density at radius 1 is 1.15 bits per heavy atom. The van der Waals surface area contributed by atoms with Crippen LogP contribution < -0.4 is 0 Å².